The van der Waals surface area contributed by atoms with Crippen LogP contribution >= 0.6 is 0 Å². The number of halogens is 1. The monoisotopic (exact) mass is 461 g/mol. The molecule has 0 N–H and O–H groups in total. The van der Waals surface area contributed by atoms with Gasteiger partial charge in [0.05, 0.1) is 4.90 Å². The van der Waals surface area contributed by atoms with Gasteiger partial charge in [-0.25, -0.2) is 22.2 Å². The molecule has 0 atom stereocenters. The van der Waals surface area contributed by atoms with E-state index < -0.39 is 39.5 Å². The van der Waals surface area contributed by atoms with Gasteiger partial charge < -0.3 is 4.90 Å². The number of nitrogens with zero attached hydrogens (tertiary/aromatic N) is 5. The van der Waals surface area contributed by atoms with E-state index in [0.717, 1.165) is 29.5 Å². The molecule has 10 nitrogen and oxygen atoms in total. The average Bonchev–Trinajstić information content (AvgIpc) is 3.62. The Labute approximate surface area is 182 Å². The number of amides is 1. The lowest BCUT2D eigenvalue weighted by Crippen LogP contribution is -2.52. The van der Waals surface area contributed by atoms with Crippen LogP contribution in [0, 0.1) is 17.1 Å². The lowest BCUT2D eigenvalue weighted by atomic mass is 10.3. The minimum absolute atomic E-state index is 0.0187. The number of carbonyl (C=O) groups is 1. The Kier molecular flexibility index (Phi) is 5.70. The molecule has 1 aliphatic carbocycles. The van der Waals surface area contributed by atoms with Crippen molar-refractivity contribution in [3.8, 4) is 6.07 Å². The number of nitriles is 1. The van der Waals surface area contributed by atoms with Crippen molar-refractivity contribution in [1.29, 1.82) is 5.26 Å². The van der Waals surface area contributed by atoms with Crippen LogP contribution in [0.5, 0.6) is 0 Å². The van der Waals surface area contributed by atoms with Gasteiger partial charge in [0.1, 0.15) is 24.0 Å². The minimum Gasteiger partial charge on any atom is -0.338 e. The average molecular weight is 461 g/mol. The van der Waals surface area contributed by atoms with E-state index in [1.807, 2.05) is 0 Å². The van der Waals surface area contributed by atoms with Gasteiger partial charge in [-0.15, -0.1) is 0 Å². The summed E-state index contributed by atoms with van der Waals surface area (Å²) < 4.78 is 41.8. The first-order valence-electron chi connectivity index (χ1n) is 10.0. The highest BCUT2D eigenvalue weighted by atomic mass is 32.2. The van der Waals surface area contributed by atoms with Gasteiger partial charge in [0.25, 0.3) is 5.56 Å². The van der Waals surface area contributed by atoms with E-state index in [4.69, 9.17) is 0 Å². The molecule has 0 bridgehead atoms. The number of rotatable bonds is 5. The van der Waals surface area contributed by atoms with E-state index in [0.29, 0.717) is 0 Å². The summed E-state index contributed by atoms with van der Waals surface area (Å²) in [5.41, 5.74) is -1.66. The smallest absolute Gasteiger partial charge is 0.331 e. The Morgan fingerprint density at radius 1 is 1.09 bits per heavy atom. The Hall–Kier alpha value is -3.30. The Morgan fingerprint density at radius 3 is 2.28 bits per heavy atom. The van der Waals surface area contributed by atoms with Gasteiger partial charge in [0, 0.05) is 38.4 Å². The SMILES string of the molecule is N#Cc1cn(C2CC2)c(=O)n(CC(=O)N2CCN(S(=O)(=O)c3ccc(F)cc3)CC2)c1=O. The fourth-order valence-electron chi connectivity index (χ4n) is 3.62. The van der Waals surface area contributed by atoms with Gasteiger partial charge in [-0.2, -0.15) is 9.57 Å². The molecule has 4 rings (SSSR count). The molecule has 0 radical (unpaired) electrons. The van der Waals surface area contributed by atoms with Gasteiger partial charge in [0.2, 0.25) is 15.9 Å². The molecule has 12 heteroatoms. The number of aromatic nitrogens is 2. The standard InChI is InChI=1S/C20H20FN5O5S/c21-15-1-5-17(6-2-15)32(30,31)24-9-7-23(8-10-24)18(27)13-26-19(28)14(11-22)12-25(20(26)29)16-3-4-16/h1-2,5-6,12,16H,3-4,7-10,13H2. The summed E-state index contributed by atoms with van der Waals surface area (Å²) in [6, 6.07) is 6.18. The number of hydrogen-bond donors (Lipinski definition) is 0. The van der Waals surface area contributed by atoms with Crippen molar-refractivity contribution in [2.45, 2.75) is 30.3 Å². The quantitative estimate of drug-likeness (QED) is 0.612. The summed E-state index contributed by atoms with van der Waals surface area (Å²) in [6.07, 6.45) is 2.77. The number of carbonyl (C=O) groups excluding carboxylic acids is 1. The van der Waals surface area contributed by atoms with E-state index in [1.54, 1.807) is 6.07 Å². The van der Waals surface area contributed by atoms with Crippen LogP contribution in [0.15, 0.2) is 44.9 Å². The molecule has 1 aromatic carbocycles. The molecule has 2 aromatic rings. The van der Waals surface area contributed by atoms with Crippen LogP contribution < -0.4 is 11.2 Å². The van der Waals surface area contributed by atoms with Gasteiger partial charge in [-0.1, -0.05) is 0 Å². The Bertz CT molecular complexity index is 1310. The number of piperazine rings is 1. The molecule has 1 saturated heterocycles. The molecular weight excluding hydrogens is 441 g/mol. The number of sulfonamides is 1. The predicted molar refractivity (Wildman–Crippen MR) is 110 cm³/mol. The molecule has 32 heavy (non-hydrogen) atoms. The fraction of sp³-hybridized carbons (Fsp3) is 0.400. The van der Waals surface area contributed by atoms with Gasteiger partial charge in [0.15, 0.2) is 0 Å². The van der Waals surface area contributed by atoms with Crippen LogP contribution in [0.3, 0.4) is 0 Å². The van der Waals surface area contributed by atoms with E-state index in [9.17, 15) is 32.5 Å². The molecule has 1 aromatic heterocycles. The second-order valence-electron chi connectivity index (χ2n) is 7.71. The summed E-state index contributed by atoms with van der Waals surface area (Å²) in [4.78, 5) is 39.2. The van der Waals surface area contributed by atoms with Crippen LogP contribution in [0.2, 0.25) is 0 Å². The zero-order valence-electron chi connectivity index (χ0n) is 17.0. The maximum Gasteiger partial charge on any atom is 0.331 e. The predicted octanol–water partition coefficient (Wildman–Crippen LogP) is -0.111. The minimum atomic E-state index is -3.83. The lowest BCUT2D eigenvalue weighted by molar-refractivity contribution is -0.133. The second kappa shape index (κ2) is 8.33. The number of hydrogen-bond acceptors (Lipinski definition) is 6. The van der Waals surface area contributed by atoms with E-state index in [1.165, 1.54) is 32.1 Å². The highest BCUT2D eigenvalue weighted by Crippen LogP contribution is 2.33. The molecule has 1 aliphatic heterocycles. The van der Waals surface area contributed by atoms with Gasteiger partial charge >= 0.3 is 5.69 Å². The molecule has 1 saturated carbocycles. The third-order valence-electron chi connectivity index (χ3n) is 5.59. The molecule has 1 amide bonds. The Morgan fingerprint density at radius 2 is 1.72 bits per heavy atom. The van der Waals surface area contributed by atoms with Crippen molar-refractivity contribution in [3.05, 3.63) is 62.7 Å². The summed E-state index contributed by atoms with van der Waals surface area (Å²) in [5, 5.41) is 9.20. The van der Waals surface area contributed by atoms with Crippen LogP contribution in [0.1, 0.15) is 24.4 Å². The van der Waals surface area contributed by atoms with Crippen LogP contribution in [0.25, 0.3) is 0 Å². The van der Waals surface area contributed by atoms with E-state index in [-0.39, 0.29) is 42.7 Å². The van der Waals surface area contributed by atoms with Crippen molar-refractivity contribution >= 4 is 15.9 Å². The first-order valence-corrected chi connectivity index (χ1v) is 11.5. The molecule has 2 aliphatic rings. The van der Waals surface area contributed by atoms with Crippen molar-refractivity contribution in [1.82, 2.24) is 18.3 Å². The normalized spacial score (nSPS) is 17.2. The largest absolute Gasteiger partial charge is 0.338 e. The summed E-state index contributed by atoms with van der Waals surface area (Å²) >= 11 is 0. The topological polar surface area (TPSA) is 125 Å². The maximum absolute atomic E-state index is 13.1. The molecule has 0 spiro atoms. The highest BCUT2D eigenvalue weighted by molar-refractivity contribution is 7.89. The zero-order valence-corrected chi connectivity index (χ0v) is 17.8. The Balaban J connectivity index is 1.47. The molecule has 2 fully saturated rings. The zero-order chi connectivity index (χ0) is 23.0. The number of benzene rings is 1. The second-order valence-corrected chi connectivity index (χ2v) is 9.64. The lowest BCUT2D eigenvalue weighted by Gasteiger charge is -2.34. The first kappa shape index (κ1) is 21.9. The molecular formula is C20H20FN5O5S. The fourth-order valence-corrected chi connectivity index (χ4v) is 5.04. The van der Waals surface area contributed by atoms with Crippen molar-refractivity contribution in [3.63, 3.8) is 0 Å². The van der Waals surface area contributed by atoms with Crippen molar-refractivity contribution in [2.75, 3.05) is 26.2 Å². The highest BCUT2D eigenvalue weighted by Gasteiger charge is 2.31. The van der Waals surface area contributed by atoms with Crippen LogP contribution in [0.4, 0.5) is 4.39 Å². The summed E-state index contributed by atoms with van der Waals surface area (Å²) in [5.74, 6) is -1.06. The first-order chi connectivity index (χ1) is 15.2. The van der Waals surface area contributed by atoms with Crippen LogP contribution in [-0.2, 0) is 21.4 Å². The van der Waals surface area contributed by atoms with Crippen molar-refractivity contribution < 1.29 is 17.6 Å². The third kappa shape index (κ3) is 4.09. The molecule has 0 unspecified atom stereocenters. The molecule has 2 heterocycles. The summed E-state index contributed by atoms with van der Waals surface area (Å²) in [6.45, 7) is -0.341. The van der Waals surface area contributed by atoms with Crippen molar-refractivity contribution in [2.24, 2.45) is 0 Å². The summed E-state index contributed by atoms with van der Waals surface area (Å²) in [7, 11) is -3.83. The maximum atomic E-state index is 13.1. The third-order valence-corrected chi connectivity index (χ3v) is 7.51. The van der Waals surface area contributed by atoms with Gasteiger partial charge in [-0.3, -0.25) is 14.2 Å². The molecule has 168 valence electrons. The van der Waals surface area contributed by atoms with E-state index in [2.05, 4.69) is 0 Å². The van der Waals surface area contributed by atoms with Crippen LogP contribution in [-0.4, -0.2) is 58.8 Å². The van der Waals surface area contributed by atoms with E-state index >= 15 is 0 Å². The van der Waals surface area contributed by atoms with Gasteiger partial charge in [-0.05, 0) is 37.1 Å².